The molecule has 34 heavy (non-hydrogen) atoms. The number of ether oxygens (including phenoxy) is 1. The quantitative estimate of drug-likeness (QED) is 0.298. The van der Waals surface area contributed by atoms with Crippen LogP contribution in [0.2, 0.25) is 5.02 Å². The van der Waals surface area contributed by atoms with E-state index in [1.807, 2.05) is 0 Å². The summed E-state index contributed by atoms with van der Waals surface area (Å²) in [6, 6.07) is 5.61. The summed E-state index contributed by atoms with van der Waals surface area (Å²) in [5.41, 5.74) is -0.0939. The molecule has 5 nitrogen and oxygen atoms in total. The first-order valence-electron chi connectivity index (χ1n) is 9.72. The lowest BCUT2D eigenvalue weighted by molar-refractivity contribution is -0.0804. The summed E-state index contributed by atoms with van der Waals surface area (Å²) in [7, 11) is 0. The van der Waals surface area contributed by atoms with Gasteiger partial charge in [0, 0.05) is 24.2 Å². The predicted molar refractivity (Wildman–Crippen MR) is 109 cm³/mol. The minimum atomic E-state index is -4.98. The molecule has 1 saturated heterocycles. The minimum Gasteiger partial charge on any atom is -0.470 e. The third-order valence-corrected chi connectivity index (χ3v) is 5.26. The molecule has 0 bridgehead atoms. The van der Waals surface area contributed by atoms with Gasteiger partial charge in [0.05, 0.1) is 18.1 Å². The number of rotatable bonds is 5. The summed E-state index contributed by atoms with van der Waals surface area (Å²) in [6.07, 6.45) is -5.53. The SMILES string of the molecule is N=C(OCc1ccc(CN(C(=O)N2CCC(F)(F)C2)c2ccc(F)c(Cl)c2)c(F)c1)C(F)(F)F. The number of amides is 2. The molecular weight excluding hydrogens is 495 g/mol. The number of carbonyl (C=O) groups is 1. The van der Waals surface area contributed by atoms with Crippen LogP contribution in [0.4, 0.5) is 41.2 Å². The van der Waals surface area contributed by atoms with Crippen molar-refractivity contribution in [3.63, 3.8) is 0 Å². The van der Waals surface area contributed by atoms with Crippen molar-refractivity contribution in [2.75, 3.05) is 18.0 Å². The van der Waals surface area contributed by atoms with E-state index >= 15 is 0 Å². The number of nitrogens with one attached hydrogen (secondary N) is 1. The Hall–Kier alpha value is -3.02. The third-order valence-electron chi connectivity index (χ3n) is 4.97. The molecule has 2 amide bonds. The number of hydrogen-bond donors (Lipinski definition) is 1. The van der Waals surface area contributed by atoms with Gasteiger partial charge in [0.25, 0.3) is 11.8 Å². The Balaban J connectivity index is 1.84. The van der Waals surface area contributed by atoms with Crippen LogP contribution in [0.5, 0.6) is 0 Å². The fourth-order valence-corrected chi connectivity index (χ4v) is 3.38. The Morgan fingerprint density at radius 2 is 1.85 bits per heavy atom. The molecule has 2 aromatic rings. The Labute approximate surface area is 194 Å². The lowest BCUT2D eigenvalue weighted by atomic mass is 10.1. The molecule has 1 aliphatic rings. The summed E-state index contributed by atoms with van der Waals surface area (Å²) in [6.45, 7) is -2.29. The average molecular weight is 512 g/mol. The van der Waals surface area contributed by atoms with E-state index in [4.69, 9.17) is 17.0 Å². The molecule has 3 rings (SSSR count). The molecule has 13 heteroatoms. The zero-order chi connectivity index (χ0) is 25.3. The Morgan fingerprint density at radius 3 is 2.41 bits per heavy atom. The Bertz CT molecular complexity index is 1090. The van der Waals surface area contributed by atoms with Gasteiger partial charge in [0.15, 0.2) is 0 Å². The first-order valence-corrected chi connectivity index (χ1v) is 10.1. The van der Waals surface area contributed by atoms with Crippen LogP contribution in [-0.2, 0) is 17.9 Å². The number of anilines is 1. The van der Waals surface area contributed by atoms with Crippen LogP contribution in [0.1, 0.15) is 17.5 Å². The van der Waals surface area contributed by atoms with Gasteiger partial charge in [-0.15, -0.1) is 0 Å². The maximum atomic E-state index is 14.7. The largest absolute Gasteiger partial charge is 0.470 e. The van der Waals surface area contributed by atoms with Crippen LogP contribution in [0.25, 0.3) is 0 Å². The molecule has 0 unspecified atom stereocenters. The average Bonchev–Trinajstić information content (AvgIpc) is 3.12. The number of likely N-dealkylation sites (tertiary alicyclic amines) is 1. The maximum absolute atomic E-state index is 14.7. The molecule has 1 aliphatic heterocycles. The second-order valence-electron chi connectivity index (χ2n) is 7.54. The normalized spacial score (nSPS) is 15.4. The van der Waals surface area contributed by atoms with Crippen molar-refractivity contribution in [2.45, 2.75) is 31.7 Å². The van der Waals surface area contributed by atoms with Crippen molar-refractivity contribution in [2.24, 2.45) is 0 Å². The highest BCUT2D eigenvalue weighted by Gasteiger charge is 2.42. The standard InChI is InChI=1S/C21H17ClF7N3O2/c22-15-8-14(3-4-16(15)23)32(19(33)31-6-5-20(25,26)11-31)9-13-2-1-12(7-17(13)24)10-34-18(30)21(27,28)29/h1-4,7-8,30H,5-6,9-11H2. The van der Waals surface area contributed by atoms with E-state index in [-0.39, 0.29) is 28.4 Å². The molecule has 1 heterocycles. The lowest BCUT2D eigenvalue weighted by Crippen LogP contribution is -2.43. The van der Waals surface area contributed by atoms with Gasteiger partial charge >= 0.3 is 12.2 Å². The van der Waals surface area contributed by atoms with Crippen molar-refractivity contribution < 1.29 is 40.3 Å². The second kappa shape index (κ2) is 9.69. The van der Waals surface area contributed by atoms with Crippen LogP contribution in [0.15, 0.2) is 36.4 Å². The number of alkyl halides is 5. The third kappa shape index (κ3) is 6.10. The van der Waals surface area contributed by atoms with Gasteiger partial charge < -0.3 is 9.64 Å². The topological polar surface area (TPSA) is 56.6 Å². The summed E-state index contributed by atoms with van der Waals surface area (Å²) in [5, 5.41) is 6.44. The summed E-state index contributed by atoms with van der Waals surface area (Å²) < 4.78 is 96.9. The van der Waals surface area contributed by atoms with Crippen molar-refractivity contribution in [3.05, 3.63) is 64.2 Å². The molecular formula is C21H17ClF7N3O2. The van der Waals surface area contributed by atoms with E-state index in [2.05, 4.69) is 4.74 Å². The number of benzene rings is 2. The number of urea groups is 1. The van der Waals surface area contributed by atoms with Crippen LogP contribution in [0, 0.1) is 17.0 Å². The molecule has 0 aromatic heterocycles. The highest BCUT2D eigenvalue weighted by Crippen LogP contribution is 2.31. The van der Waals surface area contributed by atoms with E-state index in [1.54, 1.807) is 0 Å². The predicted octanol–water partition coefficient (Wildman–Crippen LogP) is 6.14. The summed E-state index contributed by atoms with van der Waals surface area (Å²) >= 11 is 5.78. The van der Waals surface area contributed by atoms with Crippen LogP contribution >= 0.6 is 11.6 Å². The summed E-state index contributed by atoms with van der Waals surface area (Å²) in [5.74, 6) is -6.73. The van der Waals surface area contributed by atoms with Crippen LogP contribution < -0.4 is 4.90 Å². The number of hydrogen-bond acceptors (Lipinski definition) is 3. The maximum Gasteiger partial charge on any atom is 0.467 e. The van der Waals surface area contributed by atoms with E-state index in [0.717, 1.165) is 28.0 Å². The van der Waals surface area contributed by atoms with Crippen molar-refractivity contribution >= 4 is 29.2 Å². The Morgan fingerprint density at radius 1 is 1.15 bits per heavy atom. The van der Waals surface area contributed by atoms with Gasteiger partial charge in [-0.1, -0.05) is 23.7 Å². The summed E-state index contributed by atoms with van der Waals surface area (Å²) in [4.78, 5) is 14.8. The van der Waals surface area contributed by atoms with Gasteiger partial charge in [-0.3, -0.25) is 10.3 Å². The van der Waals surface area contributed by atoms with E-state index in [1.165, 1.54) is 18.2 Å². The monoisotopic (exact) mass is 511 g/mol. The molecule has 0 saturated carbocycles. The molecule has 2 aromatic carbocycles. The van der Waals surface area contributed by atoms with Gasteiger partial charge in [-0.2, -0.15) is 13.2 Å². The first-order chi connectivity index (χ1) is 15.8. The van der Waals surface area contributed by atoms with Crippen LogP contribution in [-0.4, -0.2) is 42.0 Å². The van der Waals surface area contributed by atoms with Gasteiger partial charge in [-0.05, 0) is 29.8 Å². The van der Waals surface area contributed by atoms with E-state index < -0.39 is 61.8 Å². The number of nitrogens with zero attached hydrogens (tertiary/aromatic N) is 2. The van der Waals surface area contributed by atoms with Crippen molar-refractivity contribution in [1.29, 1.82) is 5.41 Å². The molecule has 184 valence electrons. The van der Waals surface area contributed by atoms with E-state index in [0.29, 0.717) is 0 Å². The highest BCUT2D eigenvalue weighted by atomic mass is 35.5. The molecule has 0 atom stereocenters. The zero-order valence-corrected chi connectivity index (χ0v) is 18.0. The van der Waals surface area contributed by atoms with Crippen LogP contribution in [0.3, 0.4) is 0 Å². The first kappa shape index (κ1) is 25.6. The molecule has 1 N–H and O–H groups in total. The minimum absolute atomic E-state index is 0.0165. The zero-order valence-electron chi connectivity index (χ0n) is 17.2. The second-order valence-corrected chi connectivity index (χ2v) is 7.94. The van der Waals surface area contributed by atoms with Crippen molar-refractivity contribution in [3.8, 4) is 0 Å². The van der Waals surface area contributed by atoms with Crippen molar-refractivity contribution in [1.82, 2.24) is 4.90 Å². The number of carbonyl (C=O) groups excluding carboxylic acids is 1. The fourth-order valence-electron chi connectivity index (χ4n) is 3.21. The smallest absolute Gasteiger partial charge is 0.467 e. The molecule has 0 spiro atoms. The van der Waals surface area contributed by atoms with E-state index in [9.17, 15) is 35.5 Å². The fraction of sp³-hybridized carbons (Fsp3) is 0.333. The highest BCUT2D eigenvalue weighted by molar-refractivity contribution is 6.31. The van der Waals surface area contributed by atoms with Gasteiger partial charge in [-0.25, -0.2) is 22.4 Å². The molecule has 0 aliphatic carbocycles. The Kier molecular flexibility index (Phi) is 7.29. The number of halogens is 8. The lowest BCUT2D eigenvalue weighted by Gasteiger charge is -2.28. The van der Waals surface area contributed by atoms with Gasteiger partial charge in [0.2, 0.25) is 0 Å². The molecule has 1 fully saturated rings. The van der Waals surface area contributed by atoms with Gasteiger partial charge in [0.1, 0.15) is 18.2 Å². The molecule has 0 radical (unpaired) electrons.